The van der Waals surface area contributed by atoms with Gasteiger partial charge in [0.15, 0.2) is 5.82 Å². The van der Waals surface area contributed by atoms with Gasteiger partial charge in [-0.2, -0.15) is 4.98 Å². The van der Waals surface area contributed by atoms with Crippen LogP contribution in [0.25, 0.3) is 0 Å². The van der Waals surface area contributed by atoms with E-state index in [-0.39, 0.29) is 30.9 Å². The minimum atomic E-state index is 0. The van der Waals surface area contributed by atoms with E-state index in [0.717, 1.165) is 12.1 Å². The van der Waals surface area contributed by atoms with E-state index in [9.17, 15) is 4.79 Å². The van der Waals surface area contributed by atoms with Crippen molar-refractivity contribution in [2.45, 2.75) is 25.6 Å². The molecule has 124 valence electrons. The lowest BCUT2D eigenvalue weighted by atomic mass is 10.0. The second-order valence-electron chi connectivity index (χ2n) is 5.26. The third kappa shape index (κ3) is 4.28. The number of hydrogen-bond acceptors (Lipinski definition) is 6. The summed E-state index contributed by atoms with van der Waals surface area (Å²) in [7, 11) is 0. The number of halogens is 1. The predicted octanol–water partition coefficient (Wildman–Crippen LogP) is 1.01. The van der Waals surface area contributed by atoms with Crippen LogP contribution in [0.2, 0.25) is 0 Å². The van der Waals surface area contributed by atoms with Gasteiger partial charge in [0.25, 0.3) is 0 Å². The van der Waals surface area contributed by atoms with E-state index in [1.54, 1.807) is 0 Å². The molecule has 23 heavy (non-hydrogen) atoms. The van der Waals surface area contributed by atoms with Crippen LogP contribution >= 0.6 is 12.4 Å². The zero-order chi connectivity index (χ0) is 15.4. The van der Waals surface area contributed by atoms with Crippen molar-refractivity contribution < 1.29 is 9.32 Å². The van der Waals surface area contributed by atoms with Gasteiger partial charge in [0.2, 0.25) is 11.8 Å². The fourth-order valence-electron chi connectivity index (χ4n) is 2.68. The highest BCUT2D eigenvalue weighted by Crippen LogP contribution is 2.26. The summed E-state index contributed by atoms with van der Waals surface area (Å²) in [5.41, 5.74) is 6.61. The van der Waals surface area contributed by atoms with E-state index in [1.165, 1.54) is 0 Å². The van der Waals surface area contributed by atoms with Crippen LogP contribution < -0.4 is 11.1 Å². The average molecular weight is 338 g/mol. The van der Waals surface area contributed by atoms with E-state index in [1.807, 2.05) is 30.3 Å². The summed E-state index contributed by atoms with van der Waals surface area (Å²) < 4.78 is 5.05. The molecule has 1 saturated heterocycles. The molecule has 1 fully saturated rings. The first-order valence-electron chi connectivity index (χ1n) is 7.33. The number of nitrogens with zero attached hydrogens (tertiary/aromatic N) is 3. The molecule has 1 atom stereocenters. The number of nitrogens with one attached hydrogen (secondary N) is 1. The quantitative estimate of drug-likeness (QED) is 0.864. The van der Waals surface area contributed by atoms with Crippen molar-refractivity contribution in [3.05, 3.63) is 47.6 Å². The van der Waals surface area contributed by atoms with E-state index in [4.69, 9.17) is 10.3 Å². The summed E-state index contributed by atoms with van der Waals surface area (Å²) in [5, 5.41) is 6.86. The molecule has 0 spiro atoms. The molecule has 8 heteroatoms. The highest BCUT2D eigenvalue weighted by molar-refractivity contribution is 5.85. The molecule has 0 radical (unpaired) electrons. The third-order valence-electron chi connectivity index (χ3n) is 3.75. The van der Waals surface area contributed by atoms with Crippen molar-refractivity contribution in [1.29, 1.82) is 0 Å². The number of carbonyl (C=O) groups excluding carboxylic acids is 1. The van der Waals surface area contributed by atoms with Crippen molar-refractivity contribution in [2.24, 2.45) is 5.73 Å². The van der Waals surface area contributed by atoms with E-state index >= 15 is 0 Å². The second-order valence-corrected chi connectivity index (χ2v) is 5.26. The molecule has 0 aliphatic carbocycles. The maximum Gasteiger partial charge on any atom is 0.240 e. The molecular weight excluding hydrogens is 318 g/mol. The summed E-state index contributed by atoms with van der Waals surface area (Å²) in [6, 6.07) is 10.0. The number of rotatable bonds is 4. The largest absolute Gasteiger partial charge is 0.355 e. The lowest BCUT2D eigenvalue weighted by Gasteiger charge is -2.28. The molecular formula is C15H20ClN5O2. The summed E-state index contributed by atoms with van der Waals surface area (Å²) >= 11 is 0. The van der Waals surface area contributed by atoms with Gasteiger partial charge in [-0.15, -0.1) is 12.4 Å². The Kier molecular flexibility index (Phi) is 6.09. The van der Waals surface area contributed by atoms with Crippen molar-refractivity contribution >= 4 is 18.3 Å². The molecule has 7 nitrogen and oxygen atoms in total. The Morgan fingerprint density at radius 2 is 2.13 bits per heavy atom. The van der Waals surface area contributed by atoms with Gasteiger partial charge in [-0.25, -0.2) is 0 Å². The first kappa shape index (κ1) is 17.4. The predicted molar refractivity (Wildman–Crippen MR) is 86.7 cm³/mol. The third-order valence-corrected chi connectivity index (χ3v) is 3.75. The average Bonchev–Trinajstić information content (AvgIpc) is 2.92. The van der Waals surface area contributed by atoms with Crippen LogP contribution in [0, 0.1) is 0 Å². The van der Waals surface area contributed by atoms with Crippen molar-refractivity contribution in [3.63, 3.8) is 0 Å². The SMILES string of the molecule is Cl.NCc1nc(CN2CCNC(=O)CC2c2ccccc2)no1. The number of benzene rings is 1. The standard InChI is InChI=1S/C15H19N5O2.ClH/c16-9-15-18-13(19-22-15)10-20-7-6-17-14(21)8-12(20)11-4-2-1-3-5-11;/h1-5,12H,6-10,16H2,(H,17,21);1H. The minimum Gasteiger partial charge on any atom is -0.355 e. The molecule has 1 aromatic carbocycles. The molecule has 1 aromatic heterocycles. The Bertz CT molecular complexity index is 634. The Labute approximate surface area is 140 Å². The van der Waals surface area contributed by atoms with Crippen LogP contribution in [0.1, 0.15) is 29.7 Å². The Morgan fingerprint density at radius 3 is 2.83 bits per heavy atom. The fourth-order valence-corrected chi connectivity index (χ4v) is 2.68. The van der Waals surface area contributed by atoms with E-state index in [0.29, 0.717) is 31.2 Å². The summed E-state index contributed by atoms with van der Waals surface area (Å²) in [4.78, 5) is 18.4. The van der Waals surface area contributed by atoms with Crippen molar-refractivity contribution in [1.82, 2.24) is 20.4 Å². The molecule has 1 aliphatic rings. The van der Waals surface area contributed by atoms with Gasteiger partial charge in [0.1, 0.15) is 0 Å². The highest BCUT2D eigenvalue weighted by atomic mass is 35.5. The van der Waals surface area contributed by atoms with Gasteiger partial charge in [-0.1, -0.05) is 35.5 Å². The summed E-state index contributed by atoms with van der Waals surface area (Å²) in [5.74, 6) is 1.08. The molecule has 1 unspecified atom stereocenters. The van der Waals surface area contributed by atoms with Crippen LogP contribution in [0.5, 0.6) is 0 Å². The minimum absolute atomic E-state index is 0. The number of amides is 1. The van der Waals surface area contributed by atoms with Gasteiger partial charge in [0, 0.05) is 25.6 Å². The van der Waals surface area contributed by atoms with Crippen LogP contribution in [0.3, 0.4) is 0 Å². The van der Waals surface area contributed by atoms with Crippen molar-refractivity contribution in [3.8, 4) is 0 Å². The van der Waals surface area contributed by atoms with Gasteiger partial charge < -0.3 is 15.6 Å². The zero-order valence-electron chi connectivity index (χ0n) is 12.6. The first-order valence-corrected chi connectivity index (χ1v) is 7.33. The monoisotopic (exact) mass is 337 g/mol. The van der Waals surface area contributed by atoms with Crippen molar-refractivity contribution in [2.75, 3.05) is 13.1 Å². The smallest absolute Gasteiger partial charge is 0.240 e. The number of hydrogen-bond donors (Lipinski definition) is 2. The molecule has 3 N–H and O–H groups in total. The molecule has 2 aromatic rings. The first-order chi connectivity index (χ1) is 10.8. The molecule has 3 rings (SSSR count). The molecule has 2 heterocycles. The van der Waals surface area contributed by atoms with E-state index < -0.39 is 0 Å². The lowest BCUT2D eigenvalue weighted by molar-refractivity contribution is -0.121. The molecule has 0 saturated carbocycles. The Balaban J connectivity index is 0.00000192. The highest BCUT2D eigenvalue weighted by Gasteiger charge is 2.27. The van der Waals surface area contributed by atoms with E-state index in [2.05, 4.69) is 20.4 Å². The Hall–Kier alpha value is -1.96. The number of aromatic nitrogens is 2. The molecule has 0 bridgehead atoms. The van der Waals surface area contributed by atoms with Crippen LogP contribution in [0.15, 0.2) is 34.9 Å². The molecule has 1 aliphatic heterocycles. The number of nitrogens with two attached hydrogens (primary N) is 1. The van der Waals surface area contributed by atoms with Crippen LogP contribution in [-0.4, -0.2) is 34.0 Å². The van der Waals surface area contributed by atoms with Crippen LogP contribution in [-0.2, 0) is 17.9 Å². The van der Waals surface area contributed by atoms with Crippen LogP contribution in [0.4, 0.5) is 0 Å². The summed E-state index contributed by atoms with van der Waals surface area (Å²) in [6.45, 7) is 2.11. The topological polar surface area (TPSA) is 97.3 Å². The Morgan fingerprint density at radius 1 is 1.35 bits per heavy atom. The zero-order valence-corrected chi connectivity index (χ0v) is 13.5. The van der Waals surface area contributed by atoms with Gasteiger partial charge >= 0.3 is 0 Å². The fraction of sp³-hybridized carbons (Fsp3) is 0.400. The number of carbonyl (C=O) groups is 1. The second kappa shape index (κ2) is 8.05. The normalized spacial score (nSPS) is 18.8. The maximum atomic E-state index is 11.9. The van der Waals surface area contributed by atoms with Gasteiger partial charge in [-0.05, 0) is 5.56 Å². The lowest BCUT2D eigenvalue weighted by Crippen LogP contribution is -2.31. The summed E-state index contributed by atoms with van der Waals surface area (Å²) in [6.07, 6.45) is 0.422. The molecule has 1 amide bonds. The van der Waals surface area contributed by atoms with Gasteiger partial charge in [-0.3, -0.25) is 9.69 Å². The maximum absolute atomic E-state index is 11.9. The van der Waals surface area contributed by atoms with Gasteiger partial charge in [0.05, 0.1) is 13.1 Å².